The largest absolute Gasteiger partial charge is 0.381 e. The Kier molecular flexibility index (Phi) is 4.12. The molecule has 0 aliphatic carbocycles. The lowest BCUT2D eigenvalue weighted by atomic mass is 10.0. The molecular weight excluding hydrogens is 266 g/mol. The molecule has 0 bridgehead atoms. The van der Waals surface area contributed by atoms with Crippen LogP contribution in [0.4, 0.5) is 5.82 Å². The highest BCUT2D eigenvalue weighted by molar-refractivity contribution is 7.89. The first kappa shape index (κ1) is 14.3. The number of aromatic nitrogens is 2. The van der Waals surface area contributed by atoms with Crippen LogP contribution in [0.5, 0.6) is 0 Å². The van der Waals surface area contributed by atoms with Crippen molar-refractivity contribution in [3.8, 4) is 0 Å². The summed E-state index contributed by atoms with van der Waals surface area (Å²) in [5.74, 6) is 0.0343. The molecule has 1 aliphatic heterocycles. The number of nitrogens with zero attached hydrogens (tertiary/aromatic N) is 3. The fraction of sp³-hybridized carbons (Fsp3) is 0.727. The van der Waals surface area contributed by atoms with Gasteiger partial charge in [-0.2, -0.15) is 5.10 Å². The van der Waals surface area contributed by atoms with Crippen LogP contribution in [0.25, 0.3) is 0 Å². The van der Waals surface area contributed by atoms with E-state index in [0.717, 1.165) is 19.4 Å². The van der Waals surface area contributed by atoms with Crippen molar-refractivity contribution < 1.29 is 8.42 Å². The summed E-state index contributed by atoms with van der Waals surface area (Å²) in [5, 5.41) is 3.85. The molecule has 0 aromatic carbocycles. The lowest BCUT2D eigenvalue weighted by molar-refractivity contribution is 0.187. The van der Waals surface area contributed by atoms with Gasteiger partial charge in [0.05, 0.1) is 0 Å². The van der Waals surface area contributed by atoms with E-state index in [1.54, 1.807) is 7.05 Å². The van der Waals surface area contributed by atoms with Gasteiger partial charge in [0.25, 0.3) is 0 Å². The standard InChI is InChI=1S/C11H21N5O2S/c1-15-6-4-3-5-9(15)7-13-19(17,18)10-8-16(2)14-11(10)12/h8-9,13H,3-7H2,1-2H3,(H2,12,14). The van der Waals surface area contributed by atoms with Gasteiger partial charge < -0.3 is 10.6 Å². The van der Waals surface area contributed by atoms with E-state index in [2.05, 4.69) is 14.7 Å². The van der Waals surface area contributed by atoms with Crippen LogP contribution in [0, 0.1) is 0 Å². The van der Waals surface area contributed by atoms with E-state index in [4.69, 9.17) is 5.73 Å². The highest BCUT2D eigenvalue weighted by Gasteiger charge is 2.24. The smallest absolute Gasteiger partial charge is 0.245 e. The lowest BCUT2D eigenvalue weighted by Gasteiger charge is -2.32. The van der Waals surface area contributed by atoms with Crippen LogP contribution in [0.2, 0.25) is 0 Å². The predicted molar refractivity (Wildman–Crippen MR) is 73.1 cm³/mol. The third kappa shape index (κ3) is 3.26. The van der Waals surface area contributed by atoms with Crippen LogP contribution in [0.3, 0.4) is 0 Å². The molecule has 1 fully saturated rings. The van der Waals surface area contributed by atoms with E-state index in [-0.39, 0.29) is 16.8 Å². The number of rotatable bonds is 4. The zero-order chi connectivity index (χ0) is 14.0. The minimum Gasteiger partial charge on any atom is -0.381 e. The van der Waals surface area contributed by atoms with Gasteiger partial charge in [-0.25, -0.2) is 13.1 Å². The number of piperidine rings is 1. The second-order valence-corrected chi connectivity index (χ2v) is 6.77. The van der Waals surface area contributed by atoms with Gasteiger partial charge >= 0.3 is 0 Å². The molecular formula is C11H21N5O2S. The van der Waals surface area contributed by atoms with Crippen LogP contribution in [-0.2, 0) is 17.1 Å². The number of likely N-dealkylation sites (tertiary alicyclic amines) is 1. The summed E-state index contributed by atoms with van der Waals surface area (Å²) in [6.07, 6.45) is 4.75. The van der Waals surface area contributed by atoms with Crippen molar-refractivity contribution in [1.29, 1.82) is 0 Å². The highest BCUT2D eigenvalue weighted by atomic mass is 32.2. The van der Waals surface area contributed by atoms with Crippen LogP contribution in [0.15, 0.2) is 11.1 Å². The molecule has 1 saturated heterocycles. The molecule has 1 unspecified atom stereocenters. The van der Waals surface area contributed by atoms with Crippen LogP contribution >= 0.6 is 0 Å². The second-order valence-electron chi connectivity index (χ2n) is 5.03. The summed E-state index contributed by atoms with van der Waals surface area (Å²) < 4.78 is 28.3. The Hall–Kier alpha value is -1.12. The minimum absolute atomic E-state index is 0.0343. The first-order valence-electron chi connectivity index (χ1n) is 6.39. The van der Waals surface area contributed by atoms with Crippen LogP contribution in [-0.4, -0.2) is 49.3 Å². The van der Waals surface area contributed by atoms with Crippen molar-refractivity contribution in [1.82, 2.24) is 19.4 Å². The third-order valence-electron chi connectivity index (χ3n) is 3.54. The van der Waals surface area contributed by atoms with E-state index in [0.29, 0.717) is 6.54 Å². The molecule has 108 valence electrons. The third-order valence-corrected chi connectivity index (χ3v) is 4.98. The van der Waals surface area contributed by atoms with E-state index in [9.17, 15) is 8.42 Å². The molecule has 0 radical (unpaired) electrons. The number of likely N-dealkylation sites (N-methyl/N-ethyl adjacent to an activating group) is 1. The normalized spacial score (nSPS) is 21.7. The first-order chi connectivity index (χ1) is 8.90. The van der Waals surface area contributed by atoms with Crippen molar-refractivity contribution in [2.75, 3.05) is 25.9 Å². The molecule has 1 aromatic heterocycles. The number of anilines is 1. The molecule has 2 rings (SSSR count). The molecule has 0 saturated carbocycles. The Bertz CT molecular complexity index is 539. The Morgan fingerprint density at radius 3 is 2.79 bits per heavy atom. The van der Waals surface area contributed by atoms with Gasteiger partial charge in [0, 0.05) is 25.8 Å². The number of hydrogen-bond acceptors (Lipinski definition) is 5. The van der Waals surface area contributed by atoms with Gasteiger partial charge in [-0.1, -0.05) is 6.42 Å². The summed E-state index contributed by atoms with van der Waals surface area (Å²) in [6, 6.07) is 0.251. The SMILES string of the molecule is CN1CCCCC1CNS(=O)(=O)c1cn(C)nc1N. The Balaban J connectivity index is 2.03. The molecule has 1 atom stereocenters. The fourth-order valence-electron chi connectivity index (χ4n) is 2.38. The second kappa shape index (κ2) is 5.48. The molecule has 19 heavy (non-hydrogen) atoms. The number of nitrogen functional groups attached to an aromatic ring is 1. The molecule has 0 amide bonds. The first-order valence-corrected chi connectivity index (χ1v) is 7.87. The number of sulfonamides is 1. The van der Waals surface area contributed by atoms with E-state index in [1.165, 1.54) is 17.3 Å². The maximum atomic E-state index is 12.2. The number of nitrogens with two attached hydrogens (primary N) is 1. The van der Waals surface area contributed by atoms with E-state index in [1.807, 2.05) is 7.05 Å². The van der Waals surface area contributed by atoms with Gasteiger partial charge in [0.2, 0.25) is 10.0 Å². The zero-order valence-corrected chi connectivity index (χ0v) is 12.2. The minimum atomic E-state index is -3.58. The van der Waals surface area contributed by atoms with Crippen molar-refractivity contribution in [2.24, 2.45) is 7.05 Å². The molecule has 2 heterocycles. The topological polar surface area (TPSA) is 93.2 Å². The molecule has 7 nitrogen and oxygen atoms in total. The van der Waals surface area contributed by atoms with Crippen LogP contribution < -0.4 is 10.5 Å². The molecule has 1 aromatic rings. The zero-order valence-electron chi connectivity index (χ0n) is 11.3. The van der Waals surface area contributed by atoms with Crippen molar-refractivity contribution >= 4 is 15.8 Å². The van der Waals surface area contributed by atoms with Gasteiger partial charge in [0.1, 0.15) is 4.90 Å². The number of hydrogen-bond donors (Lipinski definition) is 2. The monoisotopic (exact) mass is 287 g/mol. The number of nitrogens with one attached hydrogen (secondary N) is 1. The predicted octanol–water partition coefficient (Wildman–Crippen LogP) is -0.235. The average molecular weight is 287 g/mol. The maximum absolute atomic E-state index is 12.2. The summed E-state index contributed by atoms with van der Waals surface area (Å²) in [4.78, 5) is 2.24. The Morgan fingerprint density at radius 2 is 2.21 bits per heavy atom. The van der Waals surface area contributed by atoms with Gasteiger partial charge in [-0.15, -0.1) is 0 Å². The van der Waals surface area contributed by atoms with E-state index < -0.39 is 10.0 Å². The van der Waals surface area contributed by atoms with Crippen LogP contribution in [0.1, 0.15) is 19.3 Å². The average Bonchev–Trinajstić information content (AvgIpc) is 2.68. The van der Waals surface area contributed by atoms with Gasteiger partial charge in [0.15, 0.2) is 5.82 Å². The summed E-state index contributed by atoms with van der Waals surface area (Å²) in [7, 11) is 0.0896. The van der Waals surface area contributed by atoms with Gasteiger partial charge in [-0.3, -0.25) is 4.68 Å². The quantitative estimate of drug-likeness (QED) is 0.797. The molecule has 3 N–H and O–H groups in total. The summed E-state index contributed by atoms with van der Waals surface area (Å²) >= 11 is 0. The van der Waals surface area contributed by atoms with Gasteiger partial charge in [-0.05, 0) is 26.4 Å². The molecule has 0 spiro atoms. The summed E-state index contributed by atoms with van der Waals surface area (Å²) in [6.45, 7) is 1.43. The van der Waals surface area contributed by atoms with Crippen molar-refractivity contribution in [3.05, 3.63) is 6.20 Å². The van der Waals surface area contributed by atoms with E-state index >= 15 is 0 Å². The fourth-order valence-corrected chi connectivity index (χ4v) is 3.55. The molecule has 8 heteroatoms. The molecule has 1 aliphatic rings. The van der Waals surface area contributed by atoms with Crippen molar-refractivity contribution in [2.45, 2.75) is 30.2 Å². The van der Waals surface area contributed by atoms with Crippen molar-refractivity contribution in [3.63, 3.8) is 0 Å². The Labute approximate surface area is 113 Å². The lowest BCUT2D eigenvalue weighted by Crippen LogP contribution is -2.44. The maximum Gasteiger partial charge on any atom is 0.245 e. The number of aryl methyl sites for hydroxylation is 1. The Morgan fingerprint density at radius 1 is 1.47 bits per heavy atom. The summed E-state index contributed by atoms with van der Waals surface area (Å²) in [5.41, 5.74) is 5.60. The highest BCUT2D eigenvalue weighted by Crippen LogP contribution is 2.17.